The quantitative estimate of drug-likeness (QED) is 0.588. The highest BCUT2D eigenvalue weighted by molar-refractivity contribution is 5.78. The second-order valence-electron chi connectivity index (χ2n) is 2.66. The van der Waals surface area contributed by atoms with Crippen LogP contribution in [0.1, 0.15) is 19.4 Å². The summed E-state index contributed by atoms with van der Waals surface area (Å²) in [7, 11) is 0. The van der Waals surface area contributed by atoms with E-state index in [2.05, 4.69) is 9.98 Å². The number of hydrogen-bond donors (Lipinski definition) is 0. The van der Waals surface area contributed by atoms with Gasteiger partial charge in [-0.1, -0.05) is 6.07 Å². The number of aromatic nitrogens is 1. The van der Waals surface area contributed by atoms with Gasteiger partial charge in [-0.15, -0.1) is 0 Å². The first-order valence-electron chi connectivity index (χ1n) is 3.72. The third-order valence-electron chi connectivity index (χ3n) is 1.21. The molecular formula is C9H12N2. The lowest BCUT2D eigenvalue weighted by Crippen LogP contribution is -1.90. The smallest absolute Gasteiger partial charge is 0.0443 e. The van der Waals surface area contributed by atoms with Crippen LogP contribution in [0.25, 0.3) is 0 Å². The van der Waals surface area contributed by atoms with Gasteiger partial charge in [-0.2, -0.15) is 0 Å². The molecule has 0 amide bonds. The predicted molar refractivity (Wildman–Crippen MR) is 47.0 cm³/mol. The second kappa shape index (κ2) is 3.86. The molecule has 0 saturated heterocycles. The molecule has 2 heteroatoms. The van der Waals surface area contributed by atoms with Crippen molar-refractivity contribution in [2.75, 3.05) is 0 Å². The molecule has 0 atom stereocenters. The van der Waals surface area contributed by atoms with Crippen molar-refractivity contribution in [1.29, 1.82) is 0 Å². The molecule has 0 unspecified atom stereocenters. The Bertz CT molecular complexity index is 227. The van der Waals surface area contributed by atoms with Crippen LogP contribution in [0.5, 0.6) is 0 Å². The Morgan fingerprint density at radius 3 is 2.91 bits per heavy atom. The Morgan fingerprint density at radius 1 is 1.55 bits per heavy atom. The van der Waals surface area contributed by atoms with E-state index < -0.39 is 0 Å². The van der Waals surface area contributed by atoms with Gasteiger partial charge in [0.05, 0.1) is 0 Å². The molecule has 0 aliphatic rings. The predicted octanol–water partition coefficient (Wildman–Crippen LogP) is 1.91. The summed E-state index contributed by atoms with van der Waals surface area (Å²) < 4.78 is 0. The average molecular weight is 148 g/mol. The summed E-state index contributed by atoms with van der Waals surface area (Å²) in [5, 5.41) is 0. The first-order valence-corrected chi connectivity index (χ1v) is 3.72. The SMILES string of the molecule is CC(C)N=Cc1cccnc1. The third kappa shape index (κ3) is 2.94. The molecule has 1 heterocycles. The first-order chi connectivity index (χ1) is 5.29. The normalized spacial score (nSPS) is 11.2. The average Bonchev–Trinajstić information content (AvgIpc) is 2.03. The number of rotatable bonds is 2. The van der Waals surface area contributed by atoms with Crippen LogP contribution in [0.2, 0.25) is 0 Å². The van der Waals surface area contributed by atoms with Gasteiger partial charge in [0.15, 0.2) is 0 Å². The molecule has 2 nitrogen and oxygen atoms in total. The summed E-state index contributed by atoms with van der Waals surface area (Å²) in [4.78, 5) is 8.20. The summed E-state index contributed by atoms with van der Waals surface area (Å²) >= 11 is 0. The van der Waals surface area contributed by atoms with E-state index in [1.54, 1.807) is 12.4 Å². The van der Waals surface area contributed by atoms with Crippen molar-refractivity contribution in [3.8, 4) is 0 Å². The van der Waals surface area contributed by atoms with Gasteiger partial charge in [-0.3, -0.25) is 9.98 Å². The third-order valence-corrected chi connectivity index (χ3v) is 1.21. The highest BCUT2D eigenvalue weighted by Crippen LogP contribution is 1.92. The Morgan fingerprint density at radius 2 is 2.36 bits per heavy atom. The number of hydrogen-bond acceptors (Lipinski definition) is 2. The molecule has 1 aromatic rings. The van der Waals surface area contributed by atoms with Crippen molar-refractivity contribution in [2.24, 2.45) is 4.99 Å². The Hall–Kier alpha value is -1.18. The zero-order valence-corrected chi connectivity index (χ0v) is 6.86. The number of aliphatic imine (C=N–C) groups is 1. The zero-order valence-electron chi connectivity index (χ0n) is 6.86. The van der Waals surface area contributed by atoms with Crippen LogP contribution >= 0.6 is 0 Å². The van der Waals surface area contributed by atoms with Crippen molar-refractivity contribution < 1.29 is 0 Å². The molecule has 58 valence electrons. The Labute approximate surface area is 67.0 Å². The molecule has 0 N–H and O–H groups in total. The molecule has 0 saturated carbocycles. The molecule has 0 fully saturated rings. The van der Waals surface area contributed by atoms with Gasteiger partial charge in [0.25, 0.3) is 0 Å². The van der Waals surface area contributed by atoms with Crippen molar-refractivity contribution in [2.45, 2.75) is 19.9 Å². The van der Waals surface area contributed by atoms with Gasteiger partial charge >= 0.3 is 0 Å². The van der Waals surface area contributed by atoms with Crippen molar-refractivity contribution in [3.05, 3.63) is 30.1 Å². The minimum absolute atomic E-state index is 0.357. The molecule has 0 aliphatic carbocycles. The number of nitrogens with zero attached hydrogens (tertiary/aromatic N) is 2. The molecule has 1 aromatic heterocycles. The van der Waals surface area contributed by atoms with E-state index in [9.17, 15) is 0 Å². The van der Waals surface area contributed by atoms with E-state index in [0.29, 0.717) is 6.04 Å². The highest BCUT2D eigenvalue weighted by atomic mass is 14.7. The summed E-state index contributed by atoms with van der Waals surface area (Å²) in [6.07, 6.45) is 5.40. The molecule has 0 bridgehead atoms. The minimum Gasteiger partial charge on any atom is -0.290 e. The molecule has 0 spiro atoms. The standard InChI is InChI=1S/C9H12N2/c1-8(2)11-7-9-4-3-5-10-6-9/h3-8H,1-2H3. The molecule has 0 radical (unpaired) electrons. The summed E-state index contributed by atoms with van der Waals surface area (Å²) in [6, 6.07) is 4.25. The van der Waals surface area contributed by atoms with Crippen molar-refractivity contribution in [1.82, 2.24) is 4.98 Å². The lowest BCUT2D eigenvalue weighted by molar-refractivity contribution is 0.841. The van der Waals surface area contributed by atoms with E-state index in [4.69, 9.17) is 0 Å². The lowest BCUT2D eigenvalue weighted by Gasteiger charge is -1.93. The van der Waals surface area contributed by atoms with Gasteiger partial charge in [-0.25, -0.2) is 0 Å². The van der Waals surface area contributed by atoms with Gasteiger partial charge < -0.3 is 0 Å². The number of pyridine rings is 1. The summed E-state index contributed by atoms with van der Waals surface area (Å²) in [6.45, 7) is 4.10. The topological polar surface area (TPSA) is 25.2 Å². The summed E-state index contributed by atoms with van der Waals surface area (Å²) in [5.74, 6) is 0. The molecule has 0 aliphatic heterocycles. The van der Waals surface area contributed by atoms with Crippen LogP contribution < -0.4 is 0 Å². The fraction of sp³-hybridized carbons (Fsp3) is 0.333. The summed E-state index contributed by atoms with van der Waals surface area (Å²) in [5.41, 5.74) is 1.06. The van der Waals surface area contributed by atoms with Crippen molar-refractivity contribution >= 4 is 6.21 Å². The second-order valence-corrected chi connectivity index (χ2v) is 2.66. The van der Waals surface area contributed by atoms with Gasteiger partial charge in [0.2, 0.25) is 0 Å². The largest absolute Gasteiger partial charge is 0.290 e. The van der Waals surface area contributed by atoms with Crippen LogP contribution in [0, 0.1) is 0 Å². The van der Waals surface area contributed by atoms with E-state index in [-0.39, 0.29) is 0 Å². The van der Waals surface area contributed by atoms with E-state index in [1.807, 2.05) is 32.2 Å². The maximum atomic E-state index is 4.23. The molecule has 0 aromatic carbocycles. The van der Waals surface area contributed by atoms with Gasteiger partial charge in [0.1, 0.15) is 0 Å². The van der Waals surface area contributed by atoms with E-state index in [0.717, 1.165) is 5.56 Å². The van der Waals surface area contributed by atoms with Crippen molar-refractivity contribution in [3.63, 3.8) is 0 Å². The Balaban J connectivity index is 2.65. The minimum atomic E-state index is 0.357. The molecular weight excluding hydrogens is 136 g/mol. The van der Waals surface area contributed by atoms with E-state index in [1.165, 1.54) is 0 Å². The van der Waals surface area contributed by atoms with Crippen LogP contribution in [-0.4, -0.2) is 17.2 Å². The fourth-order valence-corrected chi connectivity index (χ4v) is 0.687. The van der Waals surface area contributed by atoms with Gasteiger partial charge in [-0.05, 0) is 19.9 Å². The van der Waals surface area contributed by atoms with E-state index >= 15 is 0 Å². The fourth-order valence-electron chi connectivity index (χ4n) is 0.687. The highest BCUT2D eigenvalue weighted by Gasteiger charge is 1.86. The molecule has 1 rings (SSSR count). The van der Waals surface area contributed by atoms with Crippen LogP contribution in [0.3, 0.4) is 0 Å². The monoisotopic (exact) mass is 148 g/mol. The maximum Gasteiger partial charge on any atom is 0.0443 e. The lowest BCUT2D eigenvalue weighted by atomic mass is 10.3. The maximum absolute atomic E-state index is 4.23. The van der Waals surface area contributed by atoms with Crippen LogP contribution in [-0.2, 0) is 0 Å². The zero-order chi connectivity index (χ0) is 8.10. The van der Waals surface area contributed by atoms with Crippen LogP contribution in [0.15, 0.2) is 29.5 Å². The molecule has 11 heavy (non-hydrogen) atoms. The Kier molecular flexibility index (Phi) is 2.78. The van der Waals surface area contributed by atoms with Gasteiger partial charge in [0, 0.05) is 30.2 Å². The first kappa shape index (κ1) is 7.92. The van der Waals surface area contributed by atoms with Crippen LogP contribution in [0.4, 0.5) is 0 Å².